The predicted octanol–water partition coefficient (Wildman–Crippen LogP) is 3.52. The van der Waals surface area contributed by atoms with Gasteiger partial charge in [0, 0.05) is 24.3 Å². The fraction of sp³-hybridized carbons (Fsp3) is 0.333. The molecule has 1 aromatic rings. The molecule has 0 radical (unpaired) electrons. The zero-order valence-electron chi connectivity index (χ0n) is 9.97. The van der Waals surface area contributed by atoms with Crippen LogP contribution in [0, 0.1) is 10.1 Å². The number of benzene rings is 1. The van der Waals surface area contributed by atoms with Gasteiger partial charge in [-0.15, -0.1) is 0 Å². The Morgan fingerprint density at radius 2 is 2.28 bits per heavy atom. The van der Waals surface area contributed by atoms with Gasteiger partial charge in [0.2, 0.25) is 6.29 Å². The second-order valence-corrected chi connectivity index (χ2v) is 4.75. The van der Waals surface area contributed by atoms with E-state index in [0.717, 1.165) is 5.57 Å². The number of halogens is 1. The van der Waals surface area contributed by atoms with Crippen molar-refractivity contribution in [1.82, 2.24) is 0 Å². The average Bonchev–Trinajstić information content (AvgIpc) is 2.30. The van der Waals surface area contributed by atoms with E-state index < -0.39 is 11.2 Å². The van der Waals surface area contributed by atoms with Crippen LogP contribution in [0.3, 0.4) is 0 Å². The van der Waals surface area contributed by atoms with E-state index in [2.05, 4.69) is 15.9 Å². The summed E-state index contributed by atoms with van der Waals surface area (Å²) in [5, 5.41) is 10.8. The highest BCUT2D eigenvalue weighted by Crippen LogP contribution is 2.39. The molecule has 0 saturated carbocycles. The molecule has 1 aliphatic heterocycles. The van der Waals surface area contributed by atoms with Crippen LogP contribution in [0.15, 0.2) is 22.2 Å². The second-order valence-electron chi connectivity index (χ2n) is 3.90. The van der Waals surface area contributed by atoms with Crippen LogP contribution in [-0.2, 0) is 4.74 Å². The molecule has 0 saturated heterocycles. The average molecular weight is 314 g/mol. The third kappa shape index (κ3) is 2.39. The molecular weight excluding hydrogens is 302 g/mol. The normalized spacial score (nSPS) is 17.7. The molecule has 1 aliphatic rings. The number of nitrogens with zero attached hydrogens (tertiary/aromatic N) is 1. The number of hydrogen-bond donors (Lipinski definition) is 0. The minimum Gasteiger partial charge on any atom is -0.459 e. The first kappa shape index (κ1) is 13.0. The molecule has 0 N–H and O–H groups in total. The fourth-order valence-electron chi connectivity index (χ4n) is 1.77. The van der Waals surface area contributed by atoms with E-state index in [4.69, 9.17) is 9.47 Å². The molecule has 0 aromatic heterocycles. The molecule has 96 valence electrons. The Kier molecular flexibility index (Phi) is 3.68. The van der Waals surface area contributed by atoms with Crippen molar-refractivity contribution in [2.24, 2.45) is 0 Å². The summed E-state index contributed by atoms with van der Waals surface area (Å²) in [6.07, 6.45) is 1.41. The van der Waals surface area contributed by atoms with E-state index in [-0.39, 0.29) is 5.69 Å². The Hall–Kier alpha value is -1.40. The number of non-ortho nitro benzene ring substituents is 1. The Balaban J connectivity index is 2.45. The highest BCUT2D eigenvalue weighted by molar-refractivity contribution is 9.10. The number of rotatable bonds is 3. The largest absolute Gasteiger partial charge is 0.459 e. The third-order valence-corrected chi connectivity index (χ3v) is 3.15. The minimum absolute atomic E-state index is 0.0307. The smallest absolute Gasteiger partial charge is 0.271 e. The Morgan fingerprint density at radius 1 is 1.56 bits per heavy atom. The van der Waals surface area contributed by atoms with Gasteiger partial charge in [0.15, 0.2) is 0 Å². The van der Waals surface area contributed by atoms with Gasteiger partial charge in [-0.3, -0.25) is 10.1 Å². The van der Waals surface area contributed by atoms with E-state index in [1.165, 1.54) is 12.1 Å². The Morgan fingerprint density at radius 3 is 2.89 bits per heavy atom. The summed E-state index contributed by atoms with van der Waals surface area (Å²) in [5.41, 5.74) is 1.60. The lowest BCUT2D eigenvalue weighted by Crippen LogP contribution is -2.25. The van der Waals surface area contributed by atoms with Gasteiger partial charge in [0.05, 0.1) is 9.40 Å². The predicted molar refractivity (Wildman–Crippen MR) is 70.5 cm³/mol. The van der Waals surface area contributed by atoms with E-state index in [0.29, 0.717) is 22.4 Å². The minimum atomic E-state index is -0.430. The van der Waals surface area contributed by atoms with Gasteiger partial charge in [-0.2, -0.15) is 0 Å². The Bertz CT molecular complexity index is 527. The summed E-state index contributed by atoms with van der Waals surface area (Å²) < 4.78 is 11.7. The van der Waals surface area contributed by atoms with Crippen LogP contribution < -0.4 is 4.74 Å². The van der Waals surface area contributed by atoms with Crippen LogP contribution >= 0.6 is 15.9 Å². The second kappa shape index (κ2) is 5.07. The van der Waals surface area contributed by atoms with E-state index in [1.54, 1.807) is 0 Å². The summed E-state index contributed by atoms with van der Waals surface area (Å²) >= 11 is 3.29. The summed E-state index contributed by atoms with van der Waals surface area (Å²) in [7, 11) is 0. The number of fused-ring (bicyclic) bond motifs is 1. The molecule has 2 rings (SSSR count). The highest BCUT2D eigenvalue weighted by atomic mass is 79.9. The fourth-order valence-corrected chi connectivity index (χ4v) is 2.32. The zero-order valence-corrected chi connectivity index (χ0v) is 11.6. The monoisotopic (exact) mass is 313 g/mol. The molecule has 0 spiro atoms. The van der Waals surface area contributed by atoms with Crippen molar-refractivity contribution >= 4 is 27.7 Å². The van der Waals surface area contributed by atoms with Crippen LogP contribution in [0.4, 0.5) is 5.69 Å². The van der Waals surface area contributed by atoms with Crippen molar-refractivity contribution < 1.29 is 14.4 Å². The van der Waals surface area contributed by atoms with Gasteiger partial charge in [0.25, 0.3) is 5.69 Å². The van der Waals surface area contributed by atoms with E-state index in [9.17, 15) is 10.1 Å². The Labute approximate surface area is 113 Å². The molecule has 5 nitrogen and oxygen atoms in total. The summed E-state index contributed by atoms with van der Waals surface area (Å²) in [6.45, 7) is 4.29. The van der Waals surface area contributed by atoms with Crippen LogP contribution in [0.25, 0.3) is 6.08 Å². The first-order valence-corrected chi connectivity index (χ1v) is 6.26. The molecular formula is C12H12BrNO4. The van der Waals surface area contributed by atoms with Gasteiger partial charge in [-0.1, -0.05) is 0 Å². The summed E-state index contributed by atoms with van der Waals surface area (Å²) in [4.78, 5) is 10.4. The maximum absolute atomic E-state index is 10.8. The van der Waals surface area contributed by atoms with Crippen molar-refractivity contribution in [2.45, 2.75) is 20.1 Å². The number of hydrogen-bond acceptors (Lipinski definition) is 4. The lowest BCUT2D eigenvalue weighted by molar-refractivity contribution is -0.385. The number of nitro groups is 1. The molecule has 0 amide bonds. The van der Waals surface area contributed by atoms with Crippen LogP contribution in [0.2, 0.25) is 0 Å². The van der Waals surface area contributed by atoms with Crippen molar-refractivity contribution in [3.63, 3.8) is 0 Å². The van der Waals surface area contributed by atoms with Crippen molar-refractivity contribution in [2.75, 3.05) is 6.61 Å². The maximum atomic E-state index is 10.8. The number of nitro benzene ring substituents is 1. The van der Waals surface area contributed by atoms with Crippen LogP contribution in [0.1, 0.15) is 19.4 Å². The number of ether oxygens (including phenoxy) is 2. The van der Waals surface area contributed by atoms with Crippen molar-refractivity contribution in [1.29, 1.82) is 0 Å². The molecule has 0 unspecified atom stereocenters. The quantitative estimate of drug-likeness (QED) is 0.632. The molecule has 0 fully saturated rings. The first-order chi connectivity index (χ1) is 8.52. The zero-order chi connectivity index (χ0) is 13.3. The van der Waals surface area contributed by atoms with E-state index in [1.807, 2.05) is 19.9 Å². The molecule has 0 aliphatic carbocycles. The molecule has 1 atom stereocenters. The standard InChI is InChI=1S/C12H12BrNO4/c1-3-17-12-7(2)4-8-5-9(14(15)16)6-10(13)11(8)18-12/h4-6,12H,3H2,1-2H3/t12-/m0/s1. The molecule has 18 heavy (non-hydrogen) atoms. The molecule has 1 aromatic carbocycles. The molecule has 0 bridgehead atoms. The van der Waals surface area contributed by atoms with Crippen LogP contribution in [0.5, 0.6) is 5.75 Å². The third-order valence-electron chi connectivity index (χ3n) is 2.57. The summed E-state index contributed by atoms with van der Waals surface area (Å²) in [6, 6.07) is 2.92. The topological polar surface area (TPSA) is 61.6 Å². The summed E-state index contributed by atoms with van der Waals surface area (Å²) in [5.74, 6) is 0.574. The SMILES string of the molecule is CCO[C@H]1Oc2c(Br)cc([N+](=O)[O-])cc2C=C1C. The van der Waals surface area contributed by atoms with Gasteiger partial charge >= 0.3 is 0 Å². The van der Waals surface area contributed by atoms with Crippen molar-refractivity contribution in [3.05, 3.63) is 37.9 Å². The lowest BCUT2D eigenvalue weighted by Gasteiger charge is -2.25. The molecule has 6 heteroatoms. The van der Waals surface area contributed by atoms with Crippen molar-refractivity contribution in [3.8, 4) is 5.75 Å². The van der Waals surface area contributed by atoms with Crippen LogP contribution in [-0.4, -0.2) is 17.8 Å². The van der Waals surface area contributed by atoms with Gasteiger partial charge < -0.3 is 9.47 Å². The van der Waals surface area contributed by atoms with Gasteiger partial charge in [-0.25, -0.2) is 0 Å². The van der Waals surface area contributed by atoms with Gasteiger partial charge in [0.1, 0.15) is 5.75 Å². The van der Waals surface area contributed by atoms with E-state index >= 15 is 0 Å². The maximum Gasteiger partial charge on any atom is 0.271 e. The molecule has 1 heterocycles. The lowest BCUT2D eigenvalue weighted by atomic mass is 10.1. The first-order valence-electron chi connectivity index (χ1n) is 5.47. The van der Waals surface area contributed by atoms with Gasteiger partial charge in [-0.05, 0) is 41.4 Å². The highest BCUT2D eigenvalue weighted by Gasteiger charge is 2.24.